The third kappa shape index (κ3) is 7.36. The summed E-state index contributed by atoms with van der Waals surface area (Å²) in [7, 11) is 0. The Morgan fingerprint density at radius 1 is 1.41 bits per heavy atom. The molecule has 3 unspecified atom stereocenters. The molecule has 32 heavy (non-hydrogen) atoms. The van der Waals surface area contributed by atoms with Crippen molar-refractivity contribution in [2.75, 3.05) is 37.7 Å². The van der Waals surface area contributed by atoms with Gasteiger partial charge in [0.2, 0.25) is 0 Å². The van der Waals surface area contributed by atoms with Gasteiger partial charge >= 0.3 is 5.97 Å². The van der Waals surface area contributed by atoms with Gasteiger partial charge in [-0.05, 0) is 17.7 Å². The van der Waals surface area contributed by atoms with Gasteiger partial charge in [-0.15, -0.1) is 0 Å². The maximum atomic E-state index is 10.6. The lowest BCUT2D eigenvalue weighted by atomic mass is 10.2. The molecule has 4 rings (SSSR count). The number of carbonyl (C=O) groups is 1. The minimum atomic E-state index is -0.939. The van der Waals surface area contributed by atoms with E-state index in [4.69, 9.17) is 37.8 Å². The molecule has 2 saturated heterocycles. The van der Waals surface area contributed by atoms with Crippen LogP contribution in [-0.4, -0.2) is 82.6 Å². The Kier molecular flexibility index (Phi) is 8.80. The van der Waals surface area contributed by atoms with E-state index in [0.29, 0.717) is 16.7 Å². The molecule has 0 aromatic heterocycles. The first kappa shape index (κ1) is 24.3. The molecule has 0 bridgehead atoms. The van der Waals surface area contributed by atoms with Crippen molar-refractivity contribution in [3.63, 3.8) is 0 Å². The molecule has 2 N–H and O–H groups in total. The molecule has 1 aromatic carbocycles. The van der Waals surface area contributed by atoms with Gasteiger partial charge in [-0.1, -0.05) is 58.9 Å². The van der Waals surface area contributed by atoms with E-state index in [9.17, 15) is 4.79 Å². The second-order valence-corrected chi connectivity index (χ2v) is 10.9. The number of epoxide rings is 1. The molecule has 4 atom stereocenters. The summed E-state index contributed by atoms with van der Waals surface area (Å²) in [5, 5.41) is 13.3. The molecule has 0 radical (unpaired) electrons. The number of carboxylic acids is 1. The number of rotatable bonds is 9. The van der Waals surface area contributed by atoms with Gasteiger partial charge in [0.1, 0.15) is 16.7 Å². The Morgan fingerprint density at radius 3 is 3.09 bits per heavy atom. The monoisotopic (exact) mass is 517 g/mol. The molecule has 174 valence electrons. The summed E-state index contributed by atoms with van der Waals surface area (Å²) in [4.78, 5) is 17.5. The maximum absolute atomic E-state index is 10.6. The number of carboxylic acid groups (broad SMARTS) is 1. The van der Waals surface area contributed by atoms with Crippen LogP contribution in [0.3, 0.4) is 0 Å². The highest BCUT2D eigenvalue weighted by molar-refractivity contribution is 8.39. The zero-order valence-electron chi connectivity index (χ0n) is 17.3. The van der Waals surface area contributed by atoms with Gasteiger partial charge in [0.05, 0.1) is 28.8 Å². The fourth-order valence-corrected chi connectivity index (χ4v) is 6.07. The van der Waals surface area contributed by atoms with Crippen LogP contribution in [0.15, 0.2) is 35.3 Å². The number of aliphatic carboxylic acids is 1. The topological polar surface area (TPSA) is 86.7 Å². The average Bonchev–Trinajstić information content (AvgIpc) is 3.37. The molecule has 11 heteroatoms. The number of thioether (sulfide) groups is 2. The predicted octanol–water partition coefficient (Wildman–Crippen LogP) is 3.35. The number of hydrogen-bond acceptors (Lipinski definition) is 8. The number of aliphatic imine (C=N–C) groups is 1. The Hall–Kier alpha value is -0.780. The lowest BCUT2D eigenvalue weighted by Crippen LogP contribution is -2.46. The summed E-state index contributed by atoms with van der Waals surface area (Å²) in [5.41, 5.74) is 1.14. The molecule has 0 saturated carbocycles. The average molecular weight is 518 g/mol. The number of ether oxygens (including phenoxy) is 2. The third-order valence-corrected chi connectivity index (χ3v) is 8.38. The molecule has 3 heterocycles. The predicted molar refractivity (Wildman–Crippen MR) is 131 cm³/mol. The molecule has 7 nitrogen and oxygen atoms in total. The third-order valence-electron chi connectivity index (χ3n) is 5.22. The second kappa shape index (κ2) is 11.6. The Balaban J connectivity index is 1.13. The highest BCUT2D eigenvalue weighted by atomic mass is 35.5. The summed E-state index contributed by atoms with van der Waals surface area (Å²) in [6, 6.07) is 5.71. The lowest BCUT2D eigenvalue weighted by Gasteiger charge is -2.33. The van der Waals surface area contributed by atoms with Gasteiger partial charge in [-0.3, -0.25) is 15.2 Å². The van der Waals surface area contributed by atoms with Crippen LogP contribution in [0, 0.1) is 0 Å². The summed E-state index contributed by atoms with van der Waals surface area (Å²) in [6.07, 6.45) is 3.11. The molecular formula is C21H25Cl2N3O4S2. The summed E-state index contributed by atoms with van der Waals surface area (Å²) >= 11 is 15.5. The van der Waals surface area contributed by atoms with E-state index < -0.39 is 5.97 Å². The Bertz CT molecular complexity index is 889. The summed E-state index contributed by atoms with van der Waals surface area (Å²) < 4.78 is 12.6. The summed E-state index contributed by atoms with van der Waals surface area (Å²) in [6.45, 7) is 3.99. The first-order valence-electron chi connectivity index (χ1n) is 10.4. The zero-order valence-corrected chi connectivity index (χ0v) is 20.4. The number of nitrogens with one attached hydrogen (secondary N) is 1. The fourth-order valence-electron chi connectivity index (χ4n) is 3.53. The molecule has 3 aliphatic rings. The van der Waals surface area contributed by atoms with Gasteiger partial charge < -0.3 is 14.6 Å². The van der Waals surface area contributed by atoms with Crippen molar-refractivity contribution in [1.29, 1.82) is 0 Å². The standard InChI is InChI=1S/C21H25Cl2N3O4S2/c22-16-3-1-13(7-17(16)23)9-26-5-6-29-15(10-26)8-24-20-18(30-20)12-32-21-25-14(11-31-21)2-4-19(27)28/h1-4,7,14-15,18,20,24H,5-6,8-12H2,(H,27,28)/b4-2+/t14?,15-,18?,20?/m0/s1. The van der Waals surface area contributed by atoms with Gasteiger partial charge in [0.25, 0.3) is 0 Å². The van der Waals surface area contributed by atoms with Crippen molar-refractivity contribution in [3.8, 4) is 0 Å². The van der Waals surface area contributed by atoms with Crippen LogP contribution in [0.25, 0.3) is 0 Å². The Labute approximate surface area is 205 Å². The van der Waals surface area contributed by atoms with Crippen molar-refractivity contribution in [2.45, 2.75) is 31.0 Å². The minimum Gasteiger partial charge on any atom is -0.478 e. The molecule has 0 amide bonds. The van der Waals surface area contributed by atoms with Gasteiger partial charge in [-0.2, -0.15) is 0 Å². The normalized spacial score (nSPS) is 28.2. The van der Waals surface area contributed by atoms with E-state index in [1.807, 2.05) is 18.2 Å². The number of morpholine rings is 1. The highest BCUT2D eigenvalue weighted by Crippen LogP contribution is 2.31. The first-order valence-corrected chi connectivity index (χ1v) is 13.1. The van der Waals surface area contributed by atoms with Gasteiger partial charge in [0, 0.05) is 43.8 Å². The van der Waals surface area contributed by atoms with Crippen molar-refractivity contribution in [3.05, 3.63) is 46.0 Å². The van der Waals surface area contributed by atoms with E-state index >= 15 is 0 Å². The van der Waals surface area contributed by atoms with E-state index in [-0.39, 0.29) is 24.5 Å². The highest BCUT2D eigenvalue weighted by Gasteiger charge is 2.39. The van der Waals surface area contributed by atoms with E-state index in [2.05, 4.69) is 15.2 Å². The maximum Gasteiger partial charge on any atom is 0.328 e. The largest absolute Gasteiger partial charge is 0.478 e. The van der Waals surface area contributed by atoms with Crippen LogP contribution in [0.1, 0.15) is 5.56 Å². The van der Waals surface area contributed by atoms with Crippen molar-refractivity contribution in [1.82, 2.24) is 10.2 Å². The first-order chi connectivity index (χ1) is 15.5. The van der Waals surface area contributed by atoms with Crippen LogP contribution < -0.4 is 5.32 Å². The Morgan fingerprint density at radius 2 is 2.28 bits per heavy atom. The number of hydrogen-bond donors (Lipinski definition) is 2. The van der Waals surface area contributed by atoms with Crippen LogP contribution in [0.5, 0.6) is 0 Å². The molecule has 0 spiro atoms. The molecular weight excluding hydrogens is 493 g/mol. The van der Waals surface area contributed by atoms with Crippen LogP contribution in [0.4, 0.5) is 0 Å². The van der Waals surface area contributed by atoms with Crippen LogP contribution in [0.2, 0.25) is 10.0 Å². The smallest absolute Gasteiger partial charge is 0.328 e. The summed E-state index contributed by atoms with van der Waals surface area (Å²) in [5.74, 6) is 0.677. The van der Waals surface area contributed by atoms with Crippen molar-refractivity contribution >= 4 is 57.1 Å². The van der Waals surface area contributed by atoms with Crippen LogP contribution in [-0.2, 0) is 20.8 Å². The lowest BCUT2D eigenvalue weighted by molar-refractivity contribution is -0.131. The fraction of sp³-hybridized carbons (Fsp3) is 0.524. The van der Waals surface area contributed by atoms with Crippen molar-refractivity contribution < 1.29 is 19.4 Å². The number of benzene rings is 1. The van der Waals surface area contributed by atoms with Gasteiger partial charge in [0.15, 0.2) is 0 Å². The van der Waals surface area contributed by atoms with Gasteiger partial charge in [-0.25, -0.2) is 4.79 Å². The zero-order chi connectivity index (χ0) is 22.5. The van der Waals surface area contributed by atoms with E-state index in [1.54, 1.807) is 29.6 Å². The van der Waals surface area contributed by atoms with E-state index in [0.717, 1.165) is 53.7 Å². The SMILES string of the molecule is O=C(O)/C=C/C1CSC(SCC2OC2NC[C@H]2CN(Cc3ccc(Cl)c(Cl)c3)CCO2)=N1. The number of halogens is 2. The number of nitrogens with zero attached hydrogens (tertiary/aromatic N) is 2. The molecule has 2 fully saturated rings. The quantitative estimate of drug-likeness (QED) is 0.380. The van der Waals surface area contributed by atoms with Crippen molar-refractivity contribution in [2.24, 2.45) is 4.99 Å². The molecule has 1 aromatic rings. The minimum absolute atomic E-state index is 0.0475. The van der Waals surface area contributed by atoms with Crippen LogP contribution >= 0.6 is 46.7 Å². The van der Waals surface area contributed by atoms with E-state index in [1.165, 1.54) is 0 Å². The second-order valence-electron chi connectivity index (χ2n) is 7.76. The molecule has 3 aliphatic heterocycles. The molecule has 0 aliphatic carbocycles.